The Kier molecular flexibility index (Phi) is 3.24. The first kappa shape index (κ1) is 12.5. The number of sulfonamides is 1. The molecule has 7 heteroatoms. The molecule has 1 fully saturated rings. The summed E-state index contributed by atoms with van der Waals surface area (Å²) in [6.45, 7) is 3.35. The summed E-state index contributed by atoms with van der Waals surface area (Å²) >= 11 is 0. The van der Waals surface area contributed by atoms with Crippen molar-refractivity contribution in [3.8, 4) is 0 Å². The van der Waals surface area contributed by atoms with E-state index in [0.717, 1.165) is 19.5 Å². The van der Waals surface area contributed by atoms with Crippen LogP contribution >= 0.6 is 0 Å². The average Bonchev–Trinajstić information content (AvgIpc) is 2.89. The fraction of sp³-hybridized carbons (Fsp3) is 0.700. The van der Waals surface area contributed by atoms with E-state index in [1.54, 1.807) is 25.7 Å². The maximum absolute atomic E-state index is 12.4. The summed E-state index contributed by atoms with van der Waals surface area (Å²) in [5.41, 5.74) is 0.669. The Morgan fingerprint density at radius 3 is 2.76 bits per heavy atom. The monoisotopic (exact) mass is 258 g/mol. The van der Waals surface area contributed by atoms with Gasteiger partial charge in [0, 0.05) is 26.7 Å². The van der Waals surface area contributed by atoms with E-state index in [-0.39, 0.29) is 6.04 Å². The highest BCUT2D eigenvalue weighted by Gasteiger charge is 2.32. The molecule has 1 aliphatic rings. The van der Waals surface area contributed by atoms with Gasteiger partial charge >= 0.3 is 0 Å². The lowest BCUT2D eigenvalue weighted by atomic mass is 10.3. The smallest absolute Gasteiger partial charge is 0.246 e. The van der Waals surface area contributed by atoms with Gasteiger partial charge in [-0.25, -0.2) is 8.42 Å². The molecule has 2 rings (SSSR count). The summed E-state index contributed by atoms with van der Waals surface area (Å²) < 4.78 is 27.8. The molecule has 1 saturated heterocycles. The van der Waals surface area contributed by atoms with Crippen molar-refractivity contribution >= 4 is 10.0 Å². The van der Waals surface area contributed by atoms with Crippen LogP contribution in [-0.2, 0) is 17.1 Å². The van der Waals surface area contributed by atoms with Gasteiger partial charge in [-0.3, -0.25) is 4.68 Å². The molecule has 0 spiro atoms. The third-order valence-corrected chi connectivity index (χ3v) is 5.41. The Bertz CT molecular complexity index is 502. The highest BCUT2D eigenvalue weighted by atomic mass is 32.2. The van der Waals surface area contributed by atoms with Crippen molar-refractivity contribution in [1.82, 2.24) is 19.4 Å². The molecule has 1 aromatic rings. The van der Waals surface area contributed by atoms with E-state index in [1.165, 1.54) is 10.5 Å². The predicted octanol–water partition coefficient (Wildman–Crippen LogP) is -0.289. The molecule has 6 nitrogen and oxygen atoms in total. The maximum atomic E-state index is 12.4. The number of likely N-dealkylation sites (N-methyl/N-ethyl adjacent to an activating group) is 1. The summed E-state index contributed by atoms with van der Waals surface area (Å²) in [5, 5.41) is 7.16. The molecule has 1 N–H and O–H groups in total. The zero-order valence-corrected chi connectivity index (χ0v) is 11.2. The maximum Gasteiger partial charge on any atom is 0.246 e. The first-order valence-corrected chi connectivity index (χ1v) is 7.06. The molecule has 0 radical (unpaired) electrons. The van der Waals surface area contributed by atoms with Gasteiger partial charge in [0.25, 0.3) is 0 Å². The first-order chi connectivity index (χ1) is 7.94. The number of aryl methyl sites for hydroxylation is 1. The first-order valence-electron chi connectivity index (χ1n) is 5.62. The summed E-state index contributed by atoms with van der Waals surface area (Å²) in [6, 6.07) is 0.0413. The van der Waals surface area contributed by atoms with Crippen LogP contribution in [0, 0.1) is 6.92 Å². The lowest BCUT2D eigenvalue weighted by Crippen LogP contribution is -2.38. The highest BCUT2D eigenvalue weighted by molar-refractivity contribution is 7.89. The van der Waals surface area contributed by atoms with E-state index in [1.807, 2.05) is 0 Å². The van der Waals surface area contributed by atoms with Crippen LogP contribution in [-0.4, -0.2) is 48.7 Å². The summed E-state index contributed by atoms with van der Waals surface area (Å²) in [4.78, 5) is 0.300. The Morgan fingerprint density at radius 2 is 2.29 bits per heavy atom. The van der Waals surface area contributed by atoms with Gasteiger partial charge in [0.1, 0.15) is 4.90 Å². The van der Waals surface area contributed by atoms with Crippen LogP contribution in [0.15, 0.2) is 11.1 Å². The second-order valence-corrected chi connectivity index (χ2v) is 6.35. The number of aromatic nitrogens is 2. The van der Waals surface area contributed by atoms with Crippen molar-refractivity contribution in [3.05, 3.63) is 11.9 Å². The van der Waals surface area contributed by atoms with E-state index < -0.39 is 10.0 Å². The third-order valence-electron chi connectivity index (χ3n) is 3.40. The fourth-order valence-electron chi connectivity index (χ4n) is 2.03. The summed E-state index contributed by atoms with van der Waals surface area (Å²) in [7, 11) is -0.0424. The molecular weight excluding hydrogens is 240 g/mol. The van der Waals surface area contributed by atoms with Crippen molar-refractivity contribution in [2.24, 2.45) is 7.05 Å². The van der Waals surface area contributed by atoms with Crippen LogP contribution in [0.25, 0.3) is 0 Å². The highest BCUT2D eigenvalue weighted by Crippen LogP contribution is 2.21. The molecule has 0 amide bonds. The van der Waals surface area contributed by atoms with Gasteiger partial charge in [-0.1, -0.05) is 0 Å². The molecule has 2 heterocycles. The van der Waals surface area contributed by atoms with Crippen molar-refractivity contribution in [3.63, 3.8) is 0 Å². The van der Waals surface area contributed by atoms with Crippen molar-refractivity contribution in [2.75, 3.05) is 20.1 Å². The quantitative estimate of drug-likeness (QED) is 0.809. The SMILES string of the molecule is Cc1c(S(=O)(=O)N(C)C2CCNC2)cnn1C. The fourth-order valence-corrected chi connectivity index (χ4v) is 3.60. The van der Waals surface area contributed by atoms with E-state index in [4.69, 9.17) is 0 Å². The lowest BCUT2D eigenvalue weighted by molar-refractivity contribution is 0.387. The van der Waals surface area contributed by atoms with Gasteiger partial charge in [0.2, 0.25) is 10.0 Å². The van der Waals surface area contributed by atoms with Crippen molar-refractivity contribution in [2.45, 2.75) is 24.3 Å². The number of nitrogens with zero attached hydrogens (tertiary/aromatic N) is 3. The molecule has 17 heavy (non-hydrogen) atoms. The van der Waals surface area contributed by atoms with Crippen LogP contribution in [0.5, 0.6) is 0 Å². The van der Waals surface area contributed by atoms with Crippen LogP contribution in [0.1, 0.15) is 12.1 Å². The molecule has 96 valence electrons. The number of rotatable bonds is 3. The average molecular weight is 258 g/mol. The van der Waals surface area contributed by atoms with Crippen molar-refractivity contribution < 1.29 is 8.42 Å². The second kappa shape index (κ2) is 4.40. The Labute approximate surface area is 102 Å². The number of hydrogen-bond acceptors (Lipinski definition) is 4. The van der Waals surface area contributed by atoms with E-state index in [0.29, 0.717) is 10.6 Å². The molecular formula is C10H18N4O2S. The van der Waals surface area contributed by atoms with Crippen LogP contribution in [0.3, 0.4) is 0 Å². The van der Waals surface area contributed by atoms with Crippen LogP contribution in [0.2, 0.25) is 0 Å². The minimum absolute atomic E-state index is 0.0413. The molecule has 1 atom stereocenters. The third kappa shape index (κ3) is 2.10. The van der Waals surface area contributed by atoms with Gasteiger partial charge in [-0.15, -0.1) is 0 Å². The van der Waals surface area contributed by atoms with E-state index in [2.05, 4.69) is 10.4 Å². The molecule has 0 bridgehead atoms. The normalized spacial score (nSPS) is 21.3. The van der Waals surface area contributed by atoms with Crippen molar-refractivity contribution in [1.29, 1.82) is 0 Å². The topological polar surface area (TPSA) is 67.2 Å². The molecule has 0 aromatic carbocycles. The minimum Gasteiger partial charge on any atom is -0.315 e. The Morgan fingerprint density at radius 1 is 1.59 bits per heavy atom. The Hall–Kier alpha value is -0.920. The minimum atomic E-state index is -3.42. The van der Waals surface area contributed by atoms with E-state index in [9.17, 15) is 8.42 Å². The molecule has 1 aliphatic heterocycles. The number of hydrogen-bond donors (Lipinski definition) is 1. The van der Waals surface area contributed by atoms with Gasteiger partial charge in [-0.2, -0.15) is 9.40 Å². The summed E-state index contributed by atoms with van der Waals surface area (Å²) in [5.74, 6) is 0. The zero-order valence-electron chi connectivity index (χ0n) is 10.3. The molecule has 1 aromatic heterocycles. The van der Waals surface area contributed by atoms with Gasteiger partial charge in [0.15, 0.2) is 0 Å². The number of nitrogens with one attached hydrogen (secondary N) is 1. The molecule has 1 unspecified atom stereocenters. The lowest BCUT2D eigenvalue weighted by Gasteiger charge is -2.22. The van der Waals surface area contributed by atoms with Crippen LogP contribution in [0.4, 0.5) is 0 Å². The second-order valence-electron chi connectivity index (χ2n) is 4.39. The van der Waals surface area contributed by atoms with Gasteiger partial charge in [0.05, 0.1) is 11.9 Å². The van der Waals surface area contributed by atoms with E-state index >= 15 is 0 Å². The largest absolute Gasteiger partial charge is 0.315 e. The summed E-state index contributed by atoms with van der Waals surface area (Å²) in [6.07, 6.45) is 2.28. The van der Waals surface area contributed by atoms with Gasteiger partial charge < -0.3 is 5.32 Å². The predicted molar refractivity (Wildman–Crippen MR) is 64.2 cm³/mol. The standard InChI is InChI=1S/C10H18N4O2S/c1-8-10(7-12-13(8)2)17(15,16)14(3)9-4-5-11-6-9/h7,9,11H,4-6H2,1-3H3. The zero-order chi connectivity index (χ0) is 12.6. The molecule has 0 saturated carbocycles. The molecule has 0 aliphatic carbocycles. The van der Waals surface area contributed by atoms with Crippen LogP contribution < -0.4 is 5.32 Å². The Balaban J connectivity index is 2.32. The van der Waals surface area contributed by atoms with Gasteiger partial charge in [-0.05, 0) is 19.9 Å².